The lowest BCUT2D eigenvalue weighted by Crippen LogP contribution is -2.19. The summed E-state index contributed by atoms with van der Waals surface area (Å²) in [5, 5.41) is 3.13. The molecule has 1 unspecified atom stereocenters. The number of benzene rings is 1. The molecule has 17 heavy (non-hydrogen) atoms. The minimum atomic E-state index is 0.0997. The smallest absolute Gasteiger partial charge is 0.169 e. The predicted molar refractivity (Wildman–Crippen MR) is 68.9 cm³/mol. The molecule has 0 amide bonds. The van der Waals surface area contributed by atoms with E-state index in [1.54, 1.807) is 7.11 Å². The zero-order valence-corrected chi connectivity index (χ0v) is 9.97. The highest BCUT2D eigenvalue weighted by atomic mass is 16.5. The molecule has 5 nitrogen and oxygen atoms in total. The third-order valence-electron chi connectivity index (χ3n) is 2.56. The van der Waals surface area contributed by atoms with Crippen LogP contribution >= 0.6 is 0 Å². The highest BCUT2D eigenvalue weighted by Crippen LogP contribution is 2.18. The first-order chi connectivity index (χ1) is 8.20. The summed E-state index contributed by atoms with van der Waals surface area (Å²) in [6.45, 7) is 2.62. The van der Waals surface area contributed by atoms with E-state index in [9.17, 15) is 0 Å². The van der Waals surface area contributed by atoms with Gasteiger partial charge >= 0.3 is 0 Å². The largest absolute Gasteiger partial charge is 0.381 e. The molecule has 1 aromatic heterocycles. The van der Waals surface area contributed by atoms with Gasteiger partial charge in [-0.1, -0.05) is 12.1 Å². The van der Waals surface area contributed by atoms with Crippen LogP contribution in [0.2, 0.25) is 0 Å². The molecule has 0 spiro atoms. The number of para-hydroxylation sites is 2. The molecule has 0 fully saturated rings. The van der Waals surface area contributed by atoms with Gasteiger partial charge in [0.05, 0.1) is 17.1 Å². The molecular formula is C12H16N4O. The summed E-state index contributed by atoms with van der Waals surface area (Å²) in [7, 11) is 1.67. The van der Waals surface area contributed by atoms with Crippen molar-refractivity contribution in [3.63, 3.8) is 0 Å². The van der Waals surface area contributed by atoms with Crippen molar-refractivity contribution >= 4 is 22.7 Å². The summed E-state index contributed by atoms with van der Waals surface area (Å²) >= 11 is 0. The van der Waals surface area contributed by atoms with Gasteiger partial charge in [-0.05, 0) is 19.1 Å². The first-order valence-electron chi connectivity index (χ1n) is 5.49. The SMILES string of the molecule is COC(C)CNc1nc2ccccc2nc1N. The van der Waals surface area contributed by atoms with Crippen LogP contribution in [0.5, 0.6) is 0 Å². The molecule has 2 aromatic rings. The molecule has 0 saturated heterocycles. The Labute approximate surface area is 100 Å². The number of nitrogens with one attached hydrogen (secondary N) is 1. The standard InChI is InChI=1S/C12H16N4O/c1-8(17-2)7-14-12-11(13)15-9-5-3-4-6-10(9)16-12/h3-6,8H,7H2,1-2H3,(H2,13,15)(H,14,16). The Bertz CT molecular complexity index is 515. The van der Waals surface area contributed by atoms with E-state index in [4.69, 9.17) is 10.5 Å². The van der Waals surface area contributed by atoms with Crippen molar-refractivity contribution in [1.82, 2.24) is 9.97 Å². The molecule has 0 bridgehead atoms. The fourth-order valence-corrected chi connectivity index (χ4v) is 1.47. The highest BCUT2D eigenvalue weighted by molar-refractivity contribution is 5.79. The van der Waals surface area contributed by atoms with Crippen molar-refractivity contribution in [1.29, 1.82) is 0 Å². The van der Waals surface area contributed by atoms with Gasteiger partial charge in [-0.25, -0.2) is 9.97 Å². The number of hydrogen-bond acceptors (Lipinski definition) is 5. The number of methoxy groups -OCH3 is 1. The molecular weight excluding hydrogens is 216 g/mol. The number of fused-ring (bicyclic) bond motifs is 1. The van der Waals surface area contributed by atoms with Crippen LogP contribution in [0, 0.1) is 0 Å². The van der Waals surface area contributed by atoms with Crippen molar-refractivity contribution in [2.75, 3.05) is 24.7 Å². The van der Waals surface area contributed by atoms with Gasteiger partial charge in [0.25, 0.3) is 0 Å². The summed E-state index contributed by atoms with van der Waals surface area (Å²) in [5.41, 5.74) is 7.47. The Kier molecular flexibility index (Phi) is 3.39. The molecule has 1 heterocycles. The second-order valence-corrected chi connectivity index (χ2v) is 3.87. The third-order valence-corrected chi connectivity index (χ3v) is 2.56. The highest BCUT2D eigenvalue weighted by Gasteiger charge is 2.06. The molecule has 5 heteroatoms. The third kappa shape index (κ3) is 2.62. The van der Waals surface area contributed by atoms with Gasteiger partial charge in [-0.3, -0.25) is 0 Å². The Morgan fingerprint density at radius 1 is 1.29 bits per heavy atom. The number of nitrogens with two attached hydrogens (primary N) is 1. The lowest BCUT2D eigenvalue weighted by atomic mass is 10.3. The van der Waals surface area contributed by atoms with Crippen LogP contribution in [0.4, 0.5) is 11.6 Å². The zero-order chi connectivity index (χ0) is 12.3. The summed E-state index contributed by atoms with van der Waals surface area (Å²) < 4.78 is 5.15. The fraction of sp³-hybridized carbons (Fsp3) is 0.333. The van der Waals surface area contributed by atoms with Crippen molar-refractivity contribution < 1.29 is 4.74 Å². The normalized spacial score (nSPS) is 12.6. The Morgan fingerprint density at radius 3 is 2.59 bits per heavy atom. The van der Waals surface area contributed by atoms with Crippen LogP contribution in [-0.2, 0) is 4.74 Å². The molecule has 0 aliphatic heterocycles. The average molecular weight is 232 g/mol. The first kappa shape index (κ1) is 11.6. The molecule has 0 radical (unpaired) electrons. The average Bonchev–Trinajstić information content (AvgIpc) is 2.35. The minimum Gasteiger partial charge on any atom is -0.381 e. The summed E-state index contributed by atoms with van der Waals surface area (Å²) in [6, 6.07) is 7.64. The van der Waals surface area contributed by atoms with Gasteiger partial charge in [0.2, 0.25) is 0 Å². The number of aromatic nitrogens is 2. The molecule has 0 aliphatic rings. The minimum absolute atomic E-state index is 0.0997. The number of anilines is 2. The second kappa shape index (κ2) is 4.97. The molecule has 90 valence electrons. The van der Waals surface area contributed by atoms with Gasteiger partial charge < -0.3 is 15.8 Å². The maximum Gasteiger partial charge on any atom is 0.169 e. The second-order valence-electron chi connectivity index (χ2n) is 3.87. The summed E-state index contributed by atoms with van der Waals surface area (Å²) in [6.07, 6.45) is 0.0997. The number of ether oxygens (including phenoxy) is 1. The first-order valence-corrected chi connectivity index (χ1v) is 5.49. The Hall–Kier alpha value is -1.88. The molecule has 0 saturated carbocycles. The van der Waals surface area contributed by atoms with E-state index in [1.807, 2.05) is 31.2 Å². The Balaban J connectivity index is 2.25. The van der Waals surface area contributed by atoms with Crippen LogP contribution in [0.3, 0.4) is 0 Å². The lowest BCUT2D eigenvalue weighted by molar-refractivity contribution is 0.128. The number of nitrogen functional groups attached to an aromatic ring is 1. The van der Waals surface area contributed by atoms with E-state index < -0.39 is 0 Å². The monoisotopic (exact) mass is 232 g/mol. The quantitative estimate of drug-likeness (QED) is 0.838. The van der Waals surface area contributed by atoms with Gasteiger partial charge in [0.15, 0.2) is 11.6 Å². The van der Waals surface area contributed by atoms with E-state index in [1.165, 1.54) is 0 Å². The van der Waals surface area contributed by atoms with Crippen LogP contribution in [0.25, 0.3) is 11.0 Å². The van der Waals surface area contributed by atoms with Crippen LogP contribution < -0.4 is 11.1 Å². The van der Waals surface area contributed by atoms with E-state index >= 15 is 0 Å². The molecule has 1 aromatic carbocycles. The van der Waals surface area contributed by atoms with Crippen LogP contribution in [0.15, 0.2) is 24.3 Å². The van der Waals surface area contributed by atoms with Crippen molar-refractivity contribution in [2.24, 2.45) is 0 Å². The Morgan fingerprint density at radius 2 is 1.94 bits per heavy atom. The van der Waals surface area contributed by atoms with E-state index in [0.29, 0.717) is 18.2 Å². The van der Waals surface area contributed by atoms with Gasteiger partial charge in [-0.15, -0.1) is 0 Å². The molecule has 1 atom stereocenters. The summed E-state index contributed by atoms with van der Waals surface area (Å²) in [4.78, 5) is 8.72. The van der Waals surface area contributed by atoms with Crippen molar-refractivity contribution in [3.8, 4) is 0 Å². The van der Waals surface area contributed by atoms with E-state index in [-0.39, 0.29) is 6.10 Å². The van der Waals surface area contributed by atoms with Crippen molar-refractivity contribution in [2.45, 2.75) is 13.0 Å². The number of rotatable bonds is 4. The topological polar surface area (TPSA) is 73.1 Å². The zero-order valence-electron chi connectivity index (χ0n) is 9.97. The van der Waals surface area contributed by atoms with E-state index in [2.05, 4.69) is 15.3 Å². The molecule has 3 N–H and O–H groups in total. The summed E-state index contributed by atoms with van der Waals surface area (Å²) in [5.74, 6) is 1.01. The fourth-order valence-electron chi connectivity index (χ4n) is 1.47. The maximum atomic E-state index is 5.84. The lowest BCUT2D eigenvalue weighted by Gasteiger charge is -2.12. The molecule has 2 rings (SSSR count). The van der Waals surface area contributed by atoms with E-state index in [0.717, 1.165) is 11.0 Å². The maximum absolute atomic E-state index is 5.84. The van der Waals surface area contributed by atoms with Crippen LogP contribution in [0.1, 0.15) is 6.92 Å². The number of nitrogens with zero attached hydrogens (tertiary/aromatic N) is 2. The molecule has 0 aliphatic carbocycles. The van der Waals surface area contributed by atoms with Crippen molar-refractivity contribution in [3.05, 3.63) is 24.3 Å². The van der Waals surface area contributed by atoms with Gasteiger partial charge in [-0.2, -0.15) is 0 Å². The van der Waals surface area contributed by atoms with Gasteiger partial charge in [0, 0.05) is 13.7 Å². The van der Waals surface area contributed by atoms with Crippen LogP contribution in [-0.4, -0.2) is 29.7 Å². The van der Waals surface area contributed by atoms with Gasteiger partial charge in [0.1, 0.15) is 0 Å². The number of hydrogen-bond donors (Lipinski definition) is 2. The predicted octanol–water partition coefficient (Wildman–Crippen LogP) is 1.66.